The van der Waals surface area contributed by atoms with Gasteiger partial charge < -0.3 is 14.2 Å². The summed E-state index contributed by atoms with van der Waals surface area (Å²) in [5, 5.41) is 4.39. The second kappa shape index (κ2) is 7.77. The summed E-state index contributed by atoms with van der Waals surface area (Å²) in [5.41, 5.74) is 4.07. The van der Waals surface area contributed by atoms with Crippen LogP contribution in [0.15, 0.2) is 43.0 Å². The Bertz CT molecular complexity index is 946. The molecule has 7 heteroatoms. The fourth-order valence-corrected chi connectivity index (χ4v) is 3.93. The number of likely N-dealkylation sites (N-methyl/N-ethyl adjacent to an activating group) is 2. The van der Waals surface area contributed by atoms with Crippen LogP contribution in [-0.2, 0) is 13.6 Å². The second-order valence-corrected chi connectivity index (χ2v) is 7.59. The Morgan fingerprint density at radius 3 is 2.71 bits per heavy atom. The summed E-state index contributed by atoms with van der Waals surface area (Å²) < 4.78 is 9.70. The van der Waals surface area contributed by atoms with Crippen LogP contribution in [-0.4, -0.2) is 76.0 Å². The molecule has 1 aromatic carbocycles. The molecule has 0 amide bonds. The molecule has 0 spiro atoms. The number of imidazole rings is 1. The van der Waals surface area contributed by atoms with E-state index in [1.807, 2.05) is 48.6 Å². The molecule has 1 aliphatic rings. The van der Waals surface area contributed by atoms with Crippen molar-refractivity contribution in [2.24, 2.45) is 7.05 Å². The van der Waals surface area contributed by atoms with Gasteiger partial charge in [-0.15, -0.1) is 0 Å². The zero-order valence-electron chi connectivity index (χ0n) is 17.0. The second-order valence-electron chi connectivity index (χ2n) is 7.59. The molecule has 1 saturated heterocycles. The molecule has 0 aliphatic carbocycles. The summed E-state index contributed by atoms with van der Waals surface area (Å²) in [6, 6.07) is 8.48. The smallest absolute Gasteiger partial charge is 0.128 e. The van der Waals surface area contributed by atoms with Crippen LogP contribution in [0.3, 0.4) is 0 Å². The van der Waals surface area contributed by atoms with Crippen molar-refractivity contribution in [3.63, 3.8) is 0 Å². The maximum Gasteiger partial charge on any atom is 0.128 e. The molecule has 3 heterocycles. The van der Waals surface area contributed by atoms with Crippen molar-refractivity contribution in [3.05, 3.63) is 43.0 Å². The standard InChI is InChI=1S/C21H28N6O/c1-24-9-10-25(2)17(13-24)14-27-15-22-20(18-7-5-6-8-19(18)28-4)21(27)16-11-23-26(3)12-16/h5-8,11-12,15,17H,9-10,13-14H2,1-4H3. The molecule has 1 unspecified atom stereocenters. The van der Waals surface area contributed by atoms with Crippen molar-refractivity contribution >= 4 is 0 Å². The number of aromatic nitrogens is 4. The minimum atomic E-state index is 0.439. The topological polar surface area (TPSA) is 51.4 Å². The van der Waals surface area contributed by atoms with E-state index in [1.54, 1.807) is 7.11 Å². The normalized spacial score (nSPS) is 18.5. The van der Waals surface area contributed by atoms with Crippen molar-refractivity contribution in [3.8, 4) is 28.3 Å². The third-order valence-corrected chi connectivity index (χ3v) is 5.57. The van der Waals surface area contributed by atoms with Gasteiger partial charge in [-0.2, -0.15) is 5.10 Å². The first kappa shape index (κ1) is 18.7. The average molecular weight is 380 g/mol. The number of ether oxygens (including phenoxy) is 1. The Hall–Kier alpha value is -2.64. The van der Waals surface area contributed by atoms with Crippen LogP contribution in [0.1, 0.15) is 0 Å². The molecule has 0 radical (unpaired) electrons. The SMILES string of the molecule is COc1ccccc1-c1ncn(CC2CN(C)CCN2C)c1-c1cnn(C)c1. The van der Waals surface area contributed by atoms with E-state index in [1.165, 1.54) is 0 Å². The minimum absolute atomic E-state index is 0.439. The number of aryl methyl sites for hydroxylation is 1. The highest BCUT2D eigenvalue weighted by atomic mass is 16.5. The molecule has 7 nitrogen and oxygen atoms in total. The number of hydrogen-bond donors (Lipinski definition) is 0. The van der Waals surface area contributed by atoms with Crippen LogP contribution in [0, 0.1) is 0 Å². The monoisotopic (exact) mass is 380 g/mol. The minimum Gasteiger partial charge on any atom is -0.496 e. The van der Waals surface area contributed by atoms with Gasteiger partial charge in [0.2, 0.25) is 0 Å². The fourth-order valence-electron chi connectivity index (χ4n) is 3.93. The first-order valence-electron chi connectivity index (χ1n) is 9.63. The number of para-hydroxylation sites is 1. The van der Waals surface area contributed by atoms with Crippen LogP contribution < -0.4 is 4.74 Å². The molecule has 1 aliphatic heterocycles. The highest BCUT2D eigenvalue weighted by Crippen LogP contribution is 2.36. The largest absolute Gasteiger partial charge is 0.496 e. The van der Waals surface area contributed by atoms with E-state index in [9.17, 15) is 0 Å². The molecule has 1 atom stereocenters. The van der Waals surface area contributed by atoms with Crippen LogP contribution in [0.5, 0.6) is 5.75 Å². The third-order valence-electron chi connectivity index (χ3n) is 5.57. The Kier molecular flexibility index (Phi) is 5.19. The van der Waals surface area contributed by atoms with Crippen LogP contribution in [0.4, 0.5) is 0 Å². The van der Waals surface area contributed by atoms with Crippen molar-refractivity contribution in [1.29, 1.82) is 0 Å². The zero-order chi connectivity index (χ0) is 19.7. The Morgan fingerprint density at radius 1 is 1.14 bits per heavy atom. The van der Waals surface area contributed by atoms with E-state index in [-0.39, 0.29) is 0 Å². The van der Waals surface area contributed by atoms with Gasteiger partial charge in [-0.05, 0) is 26.2 Å². The number of benzene rings is 1. The zero-order valence-corrected chi connectivity index (χ0v) is 17.0. The lowest BCUT2D eigenvalue weighted by molar-refractivity contribution is 0.103. The van der Waals surface area contributed by atoms with Crippen LogP contribution >= 0.6 is 0 Å². The quantitative estimate of drug-likeness (QED) is 0.679. The van der Waals surface area contributed by atoms with E-state index >= 15 is 0 Å². The maximum atomic E-state index is 5.60. The summed E-state index contributed by atoms with van der Waals surface area (Å²) in [5.74, 6) is 0.826. The van der Waals surface area contributed by atoms with Gasteiger partial charge in [-0.25, -0.2) is 4.98 Å². The lowest BCUT2D eigenvalue weighted by atomic mass is 10.1. The van der Waals surface area contributed by atoms with Crippen LogP contribution in [0.25, 0.3) is 22.5 Å². The molecule has 0 N–H and O–H groups in total. The summed E-state index contributed by atoms with van der Waals surface area (Å²) >= 11 is 0. The summed E-state index contributed by atoms with van der Waals surface area (Å²) in [6.07, 6.45) is 5.90. The van der Waals surface area contributed by atoms with Gasteiger partial charge in [0.05, 0.1) is 25.3 Å². The molecule has 148 valence electrons. The van der Waals surface area contributed by atoms with E-state index in [2.05, 4.69) is 39.6 Å². The number of nitrogens with zero attached hydrogens (tertiary/aromatic N) is 6. The summed E-state index contributed by atoms with van der Waals surface area (Å²) in [4.78, 5) is 9.64. The van der Waals surface area contributed by atoms with Crippen molar-refractivity contribution < 1.29 is 4.74 Å². The van der Waals surface area contributed by atoms with Crippen molar-refractivity contribution in [2.75, 3.05) is 40.8 Å². The highest BCUT2D eigenvalue weighted by Gasteiger charge is 2.25. The molecule has 3 aromatic rings. The molecule has 0 saturated carbocycles. The molecular weight excluding hydrogens is 352 g/mol. The maximum absolute atomic E-state index is 5.60. The predicted octanol–water partition coefficient (Wildman–Crippen LogP) is 2.21. The Labute approximate surface area is 166 Å². The molecule has 1 fully saturated rings. The van der Waals surface area contributed by atoms with Gasteiger partial charge in [-0.1, -0.05) is 12.1 Å². The lowest BCUT2D eigenvalue weighted by Gasteiger charge is -2.38. The summed E-state index contributed by atoms with van der Waals surface area (Å²) in [6.45, 7) is 4.12. The average Bonchev–Trinajstić information content (AvgIpc) is 3.30. The Balaban J connectivity index is 1.78. The van der Waals surface area contributed by atoms with Gasteiger partial charge in [-0.3, -0.25) is 9.58 Å². The van der Waals surface area contributed by atoms with E-state index < -0.39 is 0 Å². The van der Waals surface area contributed by atoms with Gasteiger partial charge in [0.25, 0.3) is 0 Å². The van der Waals surface area contributed by atoms with Crippen molar-refractivity contribution in [2.45, 2.75) is 12.6 Å². The molecular formula is C21H28N6O. The molecule has 2 aromatic heterocycles. The molecule has 4 rings (SSSR count). The van der Waals surface area contributed by atoms with Gasteiger partial charge >= 0.3 is 0 Å². The summed E-state index contributed by atoms with van der Waals surface area (Å²) in [7, 11) is 8.04. The first-order valence-corrected chi connectivity index (χ1v) is 9.63. The van der Waals surface area contributed by atoms with Crippen molar-refractivity contribution in [1.82, 2.24) is 29.1 Å². The number of rotatable bonds is 5. The lowest BCUT2D eigenvalue weighted by Crippen LogP contribution is -2.51. The first-order chi connectivity index (χ1) is 13.6. The predicted molar refractivity (Wildman–Crippen MR) is 110 cm³/mol. The number of methoxy groups -OCH3 is 1. The highest BCUT2D eigenvalue weighted by molar-refractivity contribution is 5.81. The van der Waals surface area contributed by atoms with Gasteiger partial charge in [0.15, 0.2) is 0 Å². The fraction of sp³-hybridized carbons (Fsp3) is 0.429. The van der Waals surface area contributed by atoms with E-state index in [4.69, 9.17) is 9.72 Å². The van der Waals surface area contributed by atoms with Gasteiger partial charge in [0.1, 0.15) is 11.4 Å². The molecule has 0 bridgehead atoms. The third kappa shape index (κ3) is 3.55. The van der Waals surface area contributed by atoms with E-state index in [0.717, 1.165) is 54.4 Å². The number of piperazine rings is 1. The molecule has 28 heavy (non-hydrogen) atoms. The Morgan fingerprint density at radius 2 is 1.96 bits per heavy atom. The van der Waals surface area contributed by atoms with E-state index in [0.29, 0.717) is 6.04 Å². The van der Waals surface area contributed by atoms with Gasteiger partial charge in [0, 0.05) is 56.6 Å². The number of hydrogen-bond acceptors (Lipinski definition) is 5. The van der Waals surface area contributed by atoms with Crippen LogP contribution in [0.2, 0.25) is 0 Å².